The van der Waals surface area contributed by atoms with E-state index in [-0.39, 0.29) is 12.5 Å². The van der Waals surface area contributed by atoms with Gasteiger partial charge in [0.25, 0.3) is 0 Å². The third-order valence-electron chi connectivity index (χ3n) is 6.62. The molecule has 0 fully saturated rings. The molecule has 5 rings (SSSR count). The lowest BCUT2D eigenvalue weighted by Crippen LogP contribution is -2.29. The third kappa shape index (κ3) is 4.82. The average Bonchev–Trinajstić information content (AvgIpc) is 3.24. The molecule has 4 nitrogen and oxygen atoms in total. The second kappa shape index (κ2) is 9.75. The first-order chi connectivity index (χ1) is 17.8. The van der Waals surface area contributed by atoms with Crippen molar-refractivity contribution in [3.63, 3.8) is 0 Å². The van der Waals surface area contributed by atoms with Crippen LogP contribution in [0.3, 0.4) is 0 Å². The first-order valence-corrected chi connectivity index (χ1v) is 12.0. The number of amides is 1. The standard InChI is InChI=1S/C30H26F3N3O/c1-19(37)36(18-20-6-4-9-23(16-20)30(31,32)33)29-26(14-15-34)27-17-22(12-13-28(27)35-29)25-11-5-8-21-7-2-3-10-24(21)25/h2-13,16-17,35H,14-15,18,34H2,1H3. The van der Waals surface area contributed by atoms with Crippen LogP contribution in [0.4, 0.5) is 19.0 Å². The van der Waals surface area contributed by atoms with Crippen LogP contribution in [0.1, 0.15) is 23.6 Å². The molecule has 5 aromatic rings. The molecule has 4 aromatic carbocycles. The van der Waals surface area contributed by atoms with E-state index >= 15 is 0 Å². The molecule has 0 saturated carbocycles. The van der Waals surface area contributed by atoms with Crippen LogP contribution >= 0.6 is 0 Å². The van der Waals surface area contributed by atoms with E-state index in [0.29, 0.717) is 24.3 Å². The molecule has 0 aliphatic heterocycles. The monoisotopic (exact) mass is 501 g/mol. The van der Waals surface area contributed by atoms with E-state index in [2.05, 4.69) is 35.3 Å². The zero-order valence-electron chi connectivity index (χ0n) is 20.3. The Morgan fingerprint density at radius 1 is 0.919 bits per heavy atom. The number of benzene rings is 4. The van der Waals surface area contributed by atoms with E-state index in [4.69, 9.17) is 5.73 Å². The zero-order chi connectivity index (χ0) is 26.2. The molecule has 1 aromatic heterocycles. The molecule has 7 heteroatoms. The molecule has 0 spiro atoms. The first-order valence-electron chi connectivity index (χ1n) is 12.0. The highest BCUT2D eigenvalue weighted by Crippen LogP contribution is 2.36. The number of anilines is 1. The van der Waals surface area contributed by atoms with Gasteiger partial charge in [0, 0.05) is 23.4 Å². The number of carbonyl (C=O) groups excluding carboxylic acids is 1. The minimum absolute atomic E-state index is 0.000172. The van der Waals surface area contributed by atoms with E-state index in [1.807, 2.05) is 30.3 Å². The number of aromatic nitrogens is 1. The fraction of sp³-hybridized carbons (Fsp3) is 0.167. The van der Waals surface area contributed by atoms with Gasteiger partial charge in [-0.3, -0.25) is 9.69 Å². The van der Waals surface area contributed by atoms with Gasteiger partial charge in [0.2, 0.25) is 5.91 Å². The van der Waals surface area contributed by atoms with Crippen molar-refractivity contribution in [2.75, 3.05) is 11.4 Å². The number of aromatic amines is 1. The molecule has 188 valence electrons. The average molecular weight is 502 g/mol. The van der Waals surface area contributed by atoms with Crippen molar-refractivity contribution < 1.29 is 18.0 Å². The van der Waals surface area contributed by atoms with Gasteiger partial charge in [-0.15, -0.1) is 0 Å². The Morgan fingerprint density at radius 3 is 2.43 bits per heavy atom. The molecule has 0 bridgehead atoms. The van der Waals surface area contributed by atoms with Crippen LogP contribution in [-0.4, -0.2) is 17.4 Å². The Hall–Kier alpha value is -4.10. The number of fused-ring (bicyclic) bond motifs is 2. The number of hydrogen-bond donors (Lipinski definition) is 2. The van der Waals surface area contributed by atoms with Gasteiger partial charge in [0.15, 0.2) is 0 Å². The van der Waals surface area contributed by atoms with E-state index < -0.39 is 11.7 Å². The highest BCUT2D eigenvalue weighted by atomic mass is 19.4. The summed E-state index contributed by atoms with van der Waals surface area (Å²) in [6.07, 6.45) is -3.96. The molecule has 0 aliphatic carbocycles. The van der Waals surface area contributed by atoms with Crippen LogP contribution < -0.4 is 10.6 Å². The summed E-state index contributed by atoms with van der Waals surface area (Å²) in [5.41, 5.74) is 9.42. The van der Waals surface area contributed by atoms with Gasteiger partial charge >= 0.3 is 6.18 Å². The maximum Gasteiger partial charge on any atom is 0.416 e. The summed E-state index contributed by atoms with van der Waals surface area (Å²) in [5.74, 6) is 0.275. The van der Waals surface area contributed by atoms with Gasteiger partial charge < -0.3 is 10.7 Å². The summed E-state index contributed by atoms with van der Waals surface area (Å²) in [4.78, 5) is 17.6. The van der Waals surface area contributed by atoms with E-state index in [0.717, 1.165) is 50.5 Å². The number of carbonyl (C=O) groups is 1. The zero-order valence-corrected chi connectivity index (χ0v) is 20.3. The Labute approximate surface area is 212 Å². The molecular weight excluding hydrogens is 475 g/mol. The Bertz CT molecular complexity index is 1600. The Balaban J connectivity index is 1.61. The molecular formula is C30H26F3N3O. The maximum absolute atomic E-state index is 13.3. The lowest BCUT2D eigenvalue weighted by Gasteiger charge is -2.22. The molecule has 37 heavy (non-hydrogen) atoms. The third-order valence-corrected chi connectivity index (χ3v) is 6.62. The Kier molecular flexibility index (Phi) is 6.48. The van der Waals surface area contributed by atoms with Crippen molar-refractivity contribution in [1.29, 1.82) is 0 Å². The highest BCUT2D eigenvalue weighted by molar-refractivity contribution is 6.02. The Morgan fingerprint density at radius 2 is 1.68 bits per heavy atom. The molecule has 0 saturated heterocycles. The van der Waals surface area contributed by atoms with Crippen molar-refractivity contribution >= 4 is 33.4 Å². The molecule has 0 aliphatic rings. The summed E-state index contributed by atoms with van der Waals surface area (Å²) >= 11 is 0. The SMILES string of the molecule is CC(=O)N(Cc1cccc(C(F)(F)F)c1)c1[nH]c2ccc(-c3cccc4ccccc34)cc2c1CCN. The van der Waals surface area contributed by atoms with E-state index in [1.165, 1.54) is 17.9 Å². The normalized spacial score (nSPS) is 11.8. The number of halogens is 3. The number of hydrogen-bond acceptors (Lipinski definition) is 2. The first kappa shape index (κ1) is 24.6. The van der Waals surface area contributed by atoms with Gasteiger partial charge in [-0.25, -0.2) is 0 Å². The number of H-pyrrole nitrogens is 1. The lowest BCUT2D eigenvalue weighted by atomic mass is 9.96. The van der Waals surface area contributed by atoms with Gasteiger partial charge in [-0.1, -0.05) is 60.7 Å². The minimum Gasteiger partial charge on any atom is -0.341 e. The molecule has 1 heterocycles. The van der Waals surface area contributed by atoms with Crippen molar-refractivity contribution in [3.8, 4) is 11.1 Å². The topological polar surface area (TPSA) is 62.1 Å². The second-order valence-corrected chi connectivity index (χ2v) is 9.08. The summed E-state index contributed by atoms with van der Waals surface area (Å²) in [6.45, 7) is 1.76. The van der Waals surface area contributed by atoms with Crippen LogP contribution in [0.2, 0.25) is 0 Å². The summed E-state index contributed by atoms with van der Waals surface area (Å²) in [6, 6.07) is 25.5. The molecule has 3 N–H and O–H groups in total. The molecule has 0 radical (unpaired) electrons. The van der Waals surface area contributed by atoms with Gasteiger partial charge in [-0.2, -0.15) is 13.2 Å². The van der Waals surface area contributed by atoms with Gasteiger partial charge in [0.05, 0.1) is 12.1 Å². The van der Waals surface area contributed by atoms with Crippen LogP contribution in [0, 0.1) is 0 Å². The van der Waals surface area contributed by atoms with Crippen molar-refractivity contribution in [2.45, 2.75) is 26.1 Å². The van der Waals surface area contributed by atoms with Crippen LogP contribution in [0.25, 0.3) is 32.8 Å². The predicted octanol–water partition coefficient (Wildman–Crippen LogP) is 7.06. The molecule has 0 unspecified atom stereocenters. The van der Waals surface area contributed by atoms with Gasteiger partial charge in [-0.05, 0) is 64.7 Å². The largest absolute Gasteiger partial charge is 0.416 e. The van der Waals surface area contributed by atoms with Crippen LogP contribution in [-0.2, 0) is 23.9 Å². The number of rotatable bonds is 6. The smallest absolute Gasteiger partial charge is 0.341 e. The summed E-state index contributed by atoms with van der Waals surface area (Å²) in [5, 5.41) is 3.21. The van der Waals surface area contributed by atoms with Crippen molar-refractivity contribution in [1.82, 2.24) is 4.98 Å². The number of alkyl halides is 3. The number of nitrogens with zero attached hydrogens (tertiary/aromatic N) is 1. The summed E-state index contributed by atoms with van der Waals surface area (Å²) < 4.78 is 39.8. The number of nitrogens with one attached hydrogen (secondary N) is 1. The predicted molar refractivity (Wildman–Crippen MR) is 142 cm³/mol. The second-order valence-electron chi connectivity index (χ2n) is 9.08. The quantitative estimate of drug-likeness (QED) is 0.262. The van der Waals surface area contributed by atoms with E-state index in [9.17, 15) is 18.0 Å². The minimum atomic E-state index is -4.46. The van der Waals surface area contributed by atoms with Crippen LogP contribution in [0.15, 0.2) is 84.9 Å². The molecule has 0 atom stereocenters. The van der Waals surface area contributed by atoms with E-state index in [1.54, 1.807) is 6.07 Å². The number of nitrogens with two attached hydrogens (primary N) is 1. The lowest BCUT2D eigenvalue weighted by molar-refractivity contribution is -0.137. The van der Waals surface area contributed by atoms with Gasteiger partial charge in [0.1, 0.15) is 5.82 Å². The van der Waals surface area contributed by atoms with Crippen molar-refractivity contribution in [2.24, 2.45) is 5.73 Å². The molecule has 1 amide bonds. The fourth-order valence-electron chi connectivity index (χ4n) is 4.88. The maximum atomic E-state index is 13.3. The summed E-state index contributed by atoms with van der Waals surface area (Å²) in [7, 11) is 0. The van der Waals surface area contributed by atoms with Crippen LogP contribution in [0.5, 0.6) is 0 Å². The fourth-order valence-corrected chi connectivity index (χ4v) is 4.88. The van der Waals surface area contributed by atoms with Crippen molar-refractivity contribution in [3.05, 3.63) is 102 Å². The highest BCUT2D eigenvalue weighted by Gasteiger charge is 2.31.